The fraction of sp³-hybridized carbons (Fsp3) is 0.944. The van der Waals surface area contributed by atoms with Gasteiger partial charge in [0, 0.05) is 0 Å². The lowest BCUT2D eigenvalue weighted by atomic mass is 10.1. The summed E-state index contributed by atoms with van der Waals surface area (Å²) in [6, 6.07) is 0.690. The number of hydrogen-bond acceptors (Lipinski definition) is 4. The van der Waals surface area contributed by atoms with Crippen LogP contribution in [0.1, 0.15) is 69.2 Å². The average Bonchev–Trinajstić information content (AvgIpc) is 2.39. The van der Waals surface area contributed by atoms with Crippen LogP contribution >= 0.6 is 0 Å². The molecule has 0 radical (unpaired) electrons. The molecular formula is C18H38O4Si. The first-order valence-electron chi connectivity index (χ1n) is 8.68. The third kappa shape index (κ3) is 5.57. The highest BCUT2D eigenvalue weighted by atomic mass is 28.3. The first-order chi connectivity index (χ1) is 10.2. The largest absolute Gasteiger partial charge is 0.467 e. The molecule has 5 heteroatoms. The number of esters is 1. The molecule has 0 aliphatic heterocycles. The van der Waals surface area contributed by atoms with Gasteiger partial charge < -0.3 is 4.74 Å². The Hall–Kier alpha value is -0.393. The van der Waals surface area contributed by atoms with Crippen LogP contribution in [0.5, 0.6) is 0 Å². The second kappa shape index (κ2) is 8.12. The fourth-order valence-corrected chi connectivity index (χ4v) is 10.4. The summed E-state index contributed by atoms with van der Waals surface area (Å²) in [5.41, 5.74) is 0.0409. The van der Waals surface area contributed by atoms with Crippen molar-refractivity contribution in [3.8, 4) is 0 Å². The SMILES string of the molecule is COC(=O)C(C)(C[Si](C(C)C)(C(C)C)C(C)C)OOC(C)(C)C. The molecule has 0 aliphatic rings. The molecule has 0 aromatic heterocycles. The molecule has 0 bridgehead atoms. The Labute approximate surface area is 144 Å². The third-order valence-electron chi connectivity index (χ3n) is 4.96. The average molecular weight is 347 g/mol. The molecule has 0 N–H and O–H groups in total. The molecule has 0 saturated carbocycles. The minimum Gasteiger partial charge on any atom is -0.467 e. The molecule has 1 unspecified atom stereocenters. The van der Waals surface area contributed by atoms with E-state index in [1.807, 2.05) is 20.8 Å². The second-order valence-electron chi connectivity index (χ2n) is 8.75. The van der Waals surface area contributed by atoms with E-state index in [0.29, 0.717) is 22.7 Å². The zero-order chi connectivity index (χ0) is 18.6. The van der Waals surface area contributed by atoms with E-state index in [4.69, 9.17) is 14.5 Å². The highest BCUT2D eigenvalue weighted by Gasteiger charge is 2.52. The van der Waals surface area contributed by atoms with E-state index < -0.39 is 19.3 Å². The molecule has 0 saturated heterocycles. The van der Waals surface area contributed by atoms with Gasteiger partial charge in [-0.2, -0.15) is 0 Å². The van der Waals surface area contributed by atoms with Crippen LogP contribution in [0.25, 0.3) is 0 Å². The minimum absolute atomic E-state index is 0.361. The summed E-state index contributed by atoms with van der Waals surface area (Å²) in [6.07, 6.45) is 0. The van der Waals surface area contributed by atoms with Crippen molar-refractivity contribution in [2.75, 3.05) is 7.11 Å². The Morgan fingerprint density at radius 2 is 1.26 bits per heavy atom. The molecule has 0 heterocycles. The Balaban J connectivity index is 5.76. The molecule has 0 aromatic carbocycles. The molecule has 138 valence electrons. The monoisotopic (exact) mass is 346 g/mol. The van der Waals surface area contributed by atoms with E-state index in [2.05, 4.69) is 41.5 Å². The van der Waals surface area contributed by atoms with E-state index in [1.54, 1.807) is 6.92 Å². The molecule has 0 fully saturated rings. The van der Waals surface area contributed by atoms with Gasteiger partial charge in [-0.25, -0.2) is 14.6 Å². The maximum Gasteiger partial charge on any atom is 0.340 e. The summed E-state index contributed by atoms with van der Waals surface area (Å²) in [5.74, 6) is -0.361. The van der Waals surface area contributed by atoms with Crippen molar-refractivity contribution in [3.63, 3.8) is 0 Å². The summed E-state index contributed by atoms with van der Waals surface area (Å²) in [4.78, 5) is 23.7. The van der Waals surface area contributed by atoms with Crippen LogP contribution in [-0.2, 0) is 19.3 Å². The van der Waals surface area contributed by atoms with Crippen molar-refractivity contribution in [2.24, 2.45) is 0 Å². The molecule has 0 aliphatic carbocycles. The maximum atomic E-state index is 12.5. The van der Waals surface area contributed by atoms with Crippen LogP contribution in [0.2, 0.25) is 22.7 Å². The first kappa shape index (κ1) is 22.6. The molecular weight excluding hydrogens is 308 g/mol. The number of carbonyl (C=O) groups excluding carboxylic acids is 1. The number of methoxy groups -OCH3 is 1. The molecule has 4 nitrogen and oxygen atoms in total. The van der Waals surface area contributed by atoms with Gasteiger partial charge >= 0.3 is 5.97 Å². The number of ether oxygens (including phenoxy) is 1. The normalized spacial score (nSPS) is 16.1. The number of hydrogen-bond donors (Lipinski definition) is 0. The van der Waals surface area contributed by atoms with Gasteiger partial charge in [-0.3, -0.25) is 0 Å². The van der Waals surface area contributed by atoms with Gasteiger partial charge in [-0.05, 0) is 33.7 Å². The van der Waals surface area contributed by atoms with Gasteiger partial charge in [0.15, 0.2) is 5.60 Å². The van der Waals surface area contributed by atoms with Crippen LogP contribution in [0.3, 0.4) is 0 Å². The van der Waals surface area contributed by atoms with Crippen molar-refractivity contribution >= 4 is 14.0 Å². The van der Waals surface area contributed by atoms with Crippen molar-refractivity contribution in [1.82, 2.24) is 0 Å². The van der Waals surface area contributed by atoms with Gasteiger partial charge in [0.05, 0.1) is 20.8 Å². The molecule has 1 atom stereocenters. The Morgan fingerprint density at radius 3 is 1.52 bits per heavy atom. The quantitative estimate of drug-likeness (QED) is 0.257. The Morgan fingerprint density at radius 1 is 0.870 bits per heavy atom. The lowest BCUT2D eigenvalue weighted by Gasteiger charge is -2.47. The number of carbonyl (C=O) groups is 1. The van der Waals surface area contributed by atoms with E-state index in [1.165, 1.54) is 7.11 Å². The molecule has 0 rings (SSSR count). The van der Waals surface area contributed by atoms with E-state index >= 15 is 0 Å². The summed E-state index contributed by atoms with van der Waals surface area (Å²) >= 11 is 0. The van der Waals surface area contributed by atoms with Gasteiger partial charge in [0.25, 0.3) is 0 Å². The zero-order valence-corrected chi connectivity index (χ0v) is 18.1. The van der Waals surface area contributed by atoms with Gasteiger partial charge in [0.2, 0.25) is 0 Å². The first-order valence-corrected chi connectivity index (χ1v) is 11.1. The van der Waals surface area contributed by atoms with Crippen LogP contribution in [0, 0.1) is 0 Å². The van der Waals surface area contributed by atoms with Gasteiger partial charge in [-0.1, -0.05) is 58.2 Å². The molecule has 0 spiro atoms. The number of rotatable bonds is 8. The highest BCUT2D eigenvalue weighted by molar-refractivity contribution is 6.83. The lowest BCUT2D eigenvalue weighted by molar-refractivity contribution is -0.390. The zero-order valence-electron chi connectivity index (χ0n) is 17.1. The highest BCUT2D eigenvalue weighted by Crippen LogP contribution is 2.48. The van der Waals surface area contributed by atoms with E-state index in [-0.39, 0.29) is 5.97 Å². The summed E-state index contributed by atoms with van der Waals surface area (Å²) in [7, 11) is -0.437. The third-order valence-corrected chi connectivity index (χ3v) is 12.7. The smallest absolute Gasteiger partial charge is 0.340 e. The molecule has 0 aromatic rings. The summed E-state index contributed by atoms with van der Waals surface area (Å²) in [5, 5.41) is 0. The second-order valence-corrected chi connectivity index (χ2v) is 14.8. The van der Waals surface area contributed by atoms with Crippen molar-refractivity contribution in [2.45, 2.75) is 103 Å². The van der Waals surface area contributed by atoms with E-state index in [0.717, 1.165) is 0 Å². The van der Waals surface area contributed by atoms with Crippen LogP contribution in [-0.4, -0.2) is 32.4 Å². The van der Waals surface area contributed by atoms with Crippen LogP contribution in [0.15, 0.2) is 0 Å². The lowest BCUT2D eigenvalue weighted by Crippen LogP contribution is -2.54. The van der Waals surface area contributed by atoms with Crippen LogP contribution < -0.4 is 0 Å². The summed E-state index contributed by atoms with van der Waals surface area (Å²) in [6.45, 7) is 21.2. The van der Waals surface area contributed by atoms with Gasteiger partial charge in [-0.15, -0.1) is 0 Å². The predicted molar refractivity (Wildman–Crippen MR) is 98.2 cm³/mol. The van der Waals surface area contributed by atoms with Gasteiger partial charge in [0.1, 0.15) is 0 Å². The molecule has 0 amide bonds. The minimum atomic E-state index is -1.84. The van der Waals surface area contributed by atoms with Crippen molar-refractivity contribution in [1.29, 1.82) is 0 Å². The van der Waals surface area contributed by atoms with Crippen molar-refractivity contribution < 1.29 is 19.3 Å². The fourth-order valence-electron chi connectivity index (χ4n) is 3.77. The topological polar surface area (TPSA) is 44.8 Å². The summed E-state index contributed by atoms with van der Waals surface area (Å²) < 4.78 is 5.04. The van der Waals surface area contributed by atoms with E-state index in [9.17, 15) is 4.79 Å². The molecule has 23 heavy (non-hydrogen) atoms. The Kier molecular flexibility index (Phi) is 7.98. The van der Waals surface area contributed by atoms with Crippen molar-refractivity contribution in [3.05, 3.63) is 0 Å². The van der Waals surface area contributed by atoms with Crippen LogP contribution in [0.4, 0.5) is 0 Å². The Bertz CT molecular complexity index is 363. The standard InChI is InChI=1S/C18H38O4Si/c1-13(2)23(14(3)4,15(5)6)12-18(10,16(19)20-11)22-21-17(7,8)9/h13-15H,12H2,1-11H3. The predicted octanol–water partition coefficient (Wildman–Crippen LogP) is 5.34. The maximum absolute atomic E-state index is 12.5.